The van der Waals surface area contributed by atoms with Crippen LogP contribution in [0.3, 0.4) is 0 Å². The molecule has 138 valence electrons. The normalized spacial score (nSPS) is 15.4. The van der Waals surface area contributed by atoms with Crippen molar-refractivity contribution in [3.8, 4) is 5.75 Å². The molecule has 0 radical (unpaired) electrons. The van der Waals surface area contributed by atoms with Crippen molar-refractivity contribution in [2.45, 2.75) is 6.61 Å². The van der Waals surface area contributed by atoms with E-state index in [-0.39, 0.29) is 4.32 Å². The van der Waals surface area contributed by atoms with Gasteiger partial charge in [0.05, 0.1) is 17.4 Å². The molecule has 0 aromatic heterocycles. The number of carbonyl (C=O) groups is 2. The van der Waals surface area contributed by atoms with E-state index in [0.717, 1.165) is 27.8 Å². The minimum absolute atomic E-state index is 0.200. The molecule has 0 atom stereocenters. The van der Waals surface area contributed by atoms with Gasteiger partial charge in [0.15, 0.2) is 0 Å². The standard InChI is InChI=1S/C19H14ClNO4S2/c20-14-6-4-12(5-7-14)11-25-15-3-1-2-13(8-15)9-16-18(24)21(10-17(22)23)19(26)27-16/h1-9H,10-11H2,(H,22,23)/p-1/b16-9-. The molecular formula is C19H13ClNO4S2-. The van der Waals surface area contributed by atoms with E-state index in [9.17, 15) is 14.7 Å². The number of carboxylic acid groups (broad SMARTS) is 1. The number of benzene rings is 2. The van der Waals surface area contributed by atoms with Crippen LogP contribution in [-0.2, 0) is 16.2 Å². The van der Waals surface area contributed by atoms with Gasteiger partial charge in [-0.15, -0.1) is 0 Å². The first-order valence-electron chi connectivity index (χ1n) is 7.85. The smallest absolute Gasteiger partial charge is 0.266 e. The van der Waals surface area contributed by atoms with Crippen molar-refractivity contribution in [3.05, 3.63) is 69.6 Å². The number of rotatable bonds is 6. The number of ether oxygens (including phenoxy) is 1. The highest BCUT2D eigenvalue weighted by Gasteiger charge is 2.31. The molecule has 8 heteroatoms. The maximum Gasteiger partial charge on any atom is 0.266 e. The molecule has 0 saturated carbocycles. The fraction of sp³-hybridized carbons (Fsp3) is 0.105. The van der Waals surface area contributed by atoms with E-state index in [1.807, 2.05) is 30.3 Å². The summed E-state index contributed by atoms with van der Waals surface area (Å²) in [5.41, 5.74) is 1.73. The highest BCUT2D eigenvalue weighted by atomic mass is 35.5. The fourth-order valence-electron chi connectivity index (χ4n) is 2.36. The highest BCUT2D eigenvalue weighted by Crippen LogP contribution is 2.32. The van der Waals surface area contributed by atoms with E-state index in [1.54, 1.807) is 24.3 Å². The average molecular weight is 419 g/mol. The summed E-state index contributed by atoms with van der Waals surface area (Å²) in [5.74, 6) is -1.16. The summed E-state index contributed by atoms with van der Waals surface area (Å²) < 4.78 is 5.97. The molecule has 3 rings (SSSR count). The van der Waals surface area contributed by atoms with Crippen LogP contribution in [0, 0.1) is 0 Å². The Balaban J connectivity index is 1.71. The zero-order valence-electron chi connectivity index (χ0n) is 13.9. The largest absolute Gasteiger partial charge is 0.548 e. The lowest BCUT2D eigenvalue weighted by atomic mass is 10.2. The van der Waals surface area contributed by atoms with Gasteiger partial charge in [-0.2, -0.15) is 0 Å². The highest BCUT2D eigenvalue weighted by molar-refractivity contribution is 8.26. The maximum atomic E-state index is 12.3. The van der Waals surface area contributed by atoms with E-state index in [4.69, 9.17) is 28.6 Å². The topological polar surface area (TPSA) is 69.7 Å². The molecule has 1 heterocycles. The quantitative estimate of drug-likeness (QED) is 0.530. The summed E-state index contributed by atoms with van der Waals surface area (Å²) in [7, 11) is 0. The maximum absolute atomic E-state index is 12.3. The molecule has 0 unspecified atom stereocenters. The van der Waals surface area contributed by atoms with Crippen molar-refractivity contribution in [1.82, 2.24) is 4.90 Å². The molecule has 1 aliphatic rings. The minimum Gasteiger partial charge on any atom is -0.548 e. The zero-order chi connectivity index (χ0) is 19.4. The lowest BCUT2D eigenvalue weighted by Gasteiger charge is -2.14. The third-order valence-corrected chi connectivity index (χ3v) is 5.27. The number of carbonyl (C=O) groups excluding carboxylic acids is 2. The summed E-state index contributed by atoms with van der Waals surface area (Å²) in [6, 6.07) is 14.6. The van der Waals surface area contributed by atoms with Crippen molar-refractivity contribution in [2.75, 3.05) is 6.54 Å². The van der Waals surface area contributed by atoms with Crippen LogP contribution in [0.4, 0.5) is 0 Å². The van der Waals surface area contributed by atoms with Crippen LogP contribution in [0.5, 0.6) is 5.75 Å². The summed E-state index contributed by atoms with van der Waals surface area (Å²) >= 11 is 12.0. The number of amides is 1. The molecule has 2 aromatic rings. The first kappa shape index (κ1) is 19.4. The molecule has 1 aliphatic heterocycles. The number of aliphatic carboxylic acids is 1. The van der Waals surface area contributed by atoms with Crippen molar-refractivity contribution >= 4 is 57.9 Å². The minimum atomic E-state index is -1.36. The predicted molar refractivity (Wildman–Crippen MR) is 107 cm³/mol. The number of nitrogens with zero attached hydrogens (tertiary/aromatic N) is 1. The van der Waals surface area contributed by atoms with Crippen molar-refractivity contribution < 1.29 is 19.4 Å². The number of thioether (sulfide) groups is 1. The Morgan fingerprint density at radius 3 is 2.70 bits per heavy atom. The molecule has 1 fully saturated rings. The molecule has 0 bridgehead atoms. The predicted octanol–water partition coefficient (Wildman–Crippen LogP) is 2.87. The van der Waals surface area contributed by atoms with Crippen LogP contribution in [0.15, 0.2) is 53.4 Å². The Labute approximate surface area is 170 Å². The zero-order valence-corrected chi connectivity index (χ0v) is 16.3. The van der Waals surface area contributed by atoms with Gasteiger partial charge >= 0.3 is 0 Å². The molecule has 0 N–H and O–H groups in total. The second-order valence-corrected chi connectivity index (χ2v) is 7.74. The molecule has 0 spiro atoms. The van der Waals surface area contributed by atoms with Crippen LogP contribution in [0.2, 0.25) is 5.02 Å². The number of carboxylic acids is 1. The third-order valence-electron chi connectivity index (χ3n) is 3.64. The second kappa shape index (κ2) is 8.56. The number of hydrogen-bond donors (Lipinski definition) is 0. The van der Waals surface area contributed by atoms with Crippen molar-refractivity contribution in [1.29, 1.82) is 0 Å². The van der Waals surface area contributed by atoms with Crippen LogP contribution in [0.1, 0.15) is 11.1 Å². The van der Waals surface area contributed by atoms with Gasteiger partial charge in [-0.25, -0.2) is 0 Å². The monoisotopic (exact) mass is 418 g/mol. The Morgan fingerprint density at radius 1 is 1.26 bits per heavy atom. The molecule has 27 heavy (non-hydrogen) atoms. The van der Waals surface area contributed by atoms with E-state index < -0.39 is 18.4 Å². The molecule has 1 amide bonds. The van der Waals surface area contributed by atoms with Crippen LogP contribution in [0.25, 0.3) is 6.08 Å². The van der Waals surface area contributed by atoms with E-state index in [1.165, 1.54) is 0 Å². The van der Waals surface area contributed by atoms with Gasteiger partial charge in [-0.3, -0.25) is 9.69 Å². The Bertz CT molecular complexity index is 928. The molecular weight excluding hydrogens is 406 g/mol. The number of hydrogen-bond acceptors (Lipinski definition) is 6. The van der Waals surface area contributed by atoms with Crippen molar-refractivity contribution in [2.24, 2.45) is 0 Å². The van der Waals surface area contributed by atoms with E-state index in [2.05, 4.69) is 0 Å². The summed E-state index contributed by atoms with van der Waals surface area (Å²) in [6.07, 6.45) is 1.66. The lowest BCUT2D eigenvalue weighted by Crippen LogP contribution is -2.40. The summed E-state index contributed by atoms with van der Waals surface area (Å²) in [4.78, 5) is 24.4. The van der Waals surface area contributed by atoms with Gasteiger partial charge in [0, 0.05) is 5.02 Å². The van der Waals surface area contributed by atoms with E-state index in [0.29, 0.717) is 22.3 Å². The first-order chi connectivity index (χ1) is 12.9. The number of halogens is 1. The van der Waals surface area contributed by atoms with Crippen LogP contribution >= 0.6 is 35.6 Å². The number of thiocarbonyl (C=S) groups is 1. The Morgan fingerprint density at radius 2 is 2.00 bits per heavy atom. The van der Waals surface area contributed by atoms with Gasteiger partial charge < -0.3 is 14.6 Å². The average Bonchev–Trinajstić information content (AvgIpc) is 2.89. The first-order valence-corrected chi connectivity index (χ1v) is 9.45. The van der Waals surface area contributed by atoms with Crippen LogP contribution in [-0.4, -0.2) is 27.6 Å². The summed E-state index contributed by atoms with van der Waals surface area (Å²) in [6.45, 7) is -0.166. The lowest BCUT2D eigenvalue weighted by molar-refractivity contribution is -0.305. The molecule has 5 nitrogen and oxygen atoms in total. The van der Waals surface area contributed by atoms with Crippen LogP contribution < -0.4 is 9.84 Å². The molecule has 0 aliphatic carbocycles. The van der Waals surface area contributed by atoms with Gasteiger partial charge in [-0.1, -0.05) is 59.8 Å². The summed E-state index contributed by atoms with van der Waals surface area (Å²) in [5, 5.41) is 11.4. The van der Waals surface area contributed by atoms with E-state index >= 15 is 0 Å². The Kier molecular flexibility index (Phi) is 6.15. The second-order valence-electron chi connectivity index (χ2n) is 5.63. The molecule has 1 saturated heterocycles. The van der Waals surface area contributed by atoms with Gasteiger partial charge in [0.25, 0.3) is 5.91 Å². The SMILES string of the molecule is O=C([O-])CN1C(=O)/C(=C/c2cccc(OCc3ccc(Cl)cc3)c2)SC1=S. The third kappa shape index (κ3) is 5.09. The molecule has 2 aromatic carbocycles. The van der Waals surface area contributed by atoms with Gasteiger partial charge in [0.1, 0.15) is 16.7 Å². The van der Waals surface area contributed by atoms with Gasteiger partial charge in [-0.05, 0) is 41.5 Å². The Hall–Kier alpha value is -2.35. The van der Waals surface area contributed by atoms with Gasteiger partial charge in [0.2, 0.25) is 0 Å². The van der Waals surface area contributed by atoms with Crippen molar-refractivity contribution in [3.63, 3.8) is 0 Å². The fourth-order valence-corrected chi connectivity index (χ4v) is 3.74.